The zero-order valence-electron chi connectivity index (χ0n) is 11.7. The number of hydrazone groups is 1. The maximum Gasteiger partial charge on any atom is 0.277 e. The molecule has 1 aromatic heterocycles. The lowest BCUT2D eigenvalue weighted by molar-refractivity contribution is -0.123. The molecule has 1 heterocycles. The van der Waals surface area contributed by atoms with Gasteiger partial charge >= 0.3 is 0 Å². The highest BCUT2D eigenvalue weighted by molar-refractivity contribution is 5.87. The Balaban J connectivity index is 1.52. The van der Waals surface area contributed by atoms with Crippen molar-refractivity contribution in [2.24, 2.45) is 5.10 Å². The van der Waals surface area contributed by atoms with Crippen LogP contribution in [0.2, 0.25) is 0 Å². The molecule has 0 unspecified atom stereocenters. The first-order valence-electron chi connectivity index (χ1n) is 6.79. The lowest BCUT2D eigenvalue weighted by atomic mass is 10.2. The highest BCUT2D eigenvalue weighted by Crippen LogP contribution is 2.17. The van der Waals surface area contributed by atoms with Crippen LogP contribution in [0, 0.1) is 0 Å². The van der Waals surface area contributed by atoms with Crippen LogP contribution in [-0.4, -0.2) is 18.7 Å². The predicted molar refractivity (Wildman–Crippen MR) is 83.9 cm³/mol. The molecule has 0 aliphatic rings. The van der Waals surface area contributed by atoms with Crippen LogP contribution >= 0.6 is 0 Å². The number of nitrogens with one attached hydrogen (secondary N) is 1. The van der Waals surface area contributed by atoms with Crippen molar-refractivity contribution in [1.82, 2.24) is 5.43 Å². The fourth-order valence-corrected chi connectivity index (χ4v) is 1.93. The molecule has 110 valence electrons. The number of carbonyl (C=O) groups is 1. The summed E-state index contributed by atoms with van der Waals surface area (Å²) in [4.78, 5) is 11.6. The summed E-state index contributed by atoms with van der Waals surface area (Å²) in [6, 6.07) is 18.6. The molecule has 0 saturated carbocycles. The molecule has 0 spiro atoms. The van der Waals surface area contributed by atoms with E-state index in [0.717, 1.165) is 11.0 Å². The van der Waals surface area contributed by atoms with Gasteiger partial charge in [0.2, 0.25) is 0 Å². The van der Waals surface area contributed by atoms with E-state index in [2.05, 4.69) is 10.5 Å². The summed E-state index contributed by atoms with van der Waals surface area (Å²) in [5.41, 5.74) is 3.17. The minimum Gasteiger partial charge on any atom is -0.484 e. The zero-order chi connectivity index (χ0) is 15.2. The van der Waals surface area contributed by atoms with Crippen molar-refractivity contribution >= 4 is 23.1 Å². The second kappa shape index (κ2) is 6.58. The Kier molecular flexibility index (Phi) is 4.15. The van der Waals surface area contributed by atoms with E-state index in [0.29, 0.717) is 11.5 Å². The average Bonchev–Trinajstić information content (AvgIpc) is 2.96. The van der Waals surface area contributed by atoms with Gasteiger partial charge in [0.25, 0.3) is 5.91 Å². The molecule has 22 heavy (non-hydrogen) atoms. The monoisotopic (exact) mass is 294 g/mol. The van der Waals surface area contributed by atoms with Crippen molar-refractivity contribution in [3.63, 3.8) is 0 Å². The van der Waals surface area contributed by atoms with Crippen molar-refractivity contribution in [1.29, 1.82) is 0 Å². The molecular weight excluding hydrogens is 280 g/mol. The second-order valence-electron chi connectivity index (χ2n) is 4.58. The first-order valence-corrected chi connectivity index (χ1v) is 6.79. The number of furan rings is 1. The number of amides is 1. The Hall–Kier alpha value is -3.08. The summed E-state index contributed by atoms with van der Waals surface area (Å²) < 4.78 is 10.9. The van der Waals surface area contributed by atoms with Crippen LogP contribution in [0.4, 0.5) is 0 Å². The van der Waals surface area contributed by atoms with Gasteiger partial charge in [0, 0.05) is 5.39 Å². The van der Waals surface area contributed by atoms with Gasteiger partial charge in [0.05, 0.1) is 6.21 Å². The molecular formula is C17H14N2O3. The number of ether oxygens (including phenoxy) is 1. The maximum atomic E-state index is 11.6. The molecule has 5 nitrogen and oxygen atoms in total. The smallest absolute Gasteiger partial charge is 0.277 e. The van der Waals surface area contributed by atoms with E-state index in [4.69, 9.17) is 9.15 Å². The summed E-state index contributed by atoms with van der Waals surface area (Å²) in [5, 5.41) is 4.84. The zero-order valence-corrected chi connectivity index (χ0v) is 11.7. The van der Waals surface area contributed by atoms with Crippen LogP contribution in [0.5, 0.6) is 5.75 Å². The fourth-order valence-electron chi connectivity index (χ4n) is 1.93. The number of rotatable bonds is 5. The summed E-state index contributed by atoms with van der Waals surface area (Å²) in [5.74, 6) is 0.876. The maximum absolute atomic E-state index is 11.6. The Morgan fingerprint density at radius 1 is 1.14 bits per heavy atom. The number of para-hydroxylation sites is 2. The molecule has 0 bridgehead atoms. The minimum atomic E-state index is -0.337. The third-order valence-corrected chi connectivity index (χ3v) is 2.94. The van der Waals surface area contributed by atoms with Crippen molar-refractivity contribution in [2.75, 3.05) is 6.61 Å². The van der Waals surface area contributed by atoms with Crippen molar-refractivity contribution < 1.29 is 13.9 Å². The summed E-state index contributed by atoms with van der Waals surface area (Å²) >= 11 is 0. The molecule has 1 N–H and O–H groups in total. The van der Waals surface area contributed by atoms with Gasteiger partial charge in [-0.2, -0.15) is 5.10 Å². The van der Waals surface area contributed by atoms with Gasteiger partial charge in [-0.1, -0.05) is 36.4 Å². The van der Waals surface area contributed by atoms with Gasteiger partial charge in [-0.25, -0.2) is 5.43 Å². The number of hydrogen-bond donors (Lipinski definition) is 1. The van der Waals surface area contributed by atoms with Crippen LogP contribution in [0.25, 0.3) is 11.0 Å². The SMILES string of the molecule is O=C(COc1ccccc1)N/N=C/c1cc2ccccc2o1. The standard InChI is InChI=1S/C17H14N2O3/c20-17(12-21-14-7-2-1-3-8-14)19-18-11-15-10-13-6-4-5-9-16(13)22-15/h1-11H,12H2,(H,19,20)/b18-11+. The quantitative estimate of drug-likeness (QED) is 0.581. The van der Waals surface area contributed by atoms with E-state index in [1.165, 1.54) is 6.21 Å². The van der Waals surface area contributed by atoms with E-state index >= 15 is 0 Å². The molecule has 3 aromatic rings. The van der Waals surface area contributed by atoms with Crippen LogP contribution in [0.1, 0.15) is 5.76 Å². The van der Waals surface area contributed by atoms with Crippen molar-refractivity contribution in [2.45, 2.75) is 0 Å². The summed E-state index contributed by atoms with van der Waals surface area (Å²) in [7, 11) is 0. The van der Waals surface area contributed by atoms with E-state index in [1.807, 2.05) is 48.5 Å². The van der Waals surface area contributed by atoms with E-state index in [1.54, 1.807) is 12.1 Å². The molecule has 3 rings (SSSR count). The average molecular weight is 294 g/mol. The number of carbonyl (C=O) groups excluding carboxylic acids is 1. The van der Waals surface area contributed by atoms with Crippen molar-refractivity contribution in [3.8, 4) is 5.75 Å². The largest absolute Gasteiger partial charge is 0.484 e. The highest BCUT2D eigenvalue weighted by Gasteiger charge is 2.02. The minimum absolute atomic E-state index is 0.0958. The van der Waals surface area contributed by atoms with Crippen LogP contribution in [0.3, 0.4) is 0 Å². The fraction of sp³-hybridized carbons (Fsp3) is 0.0588. The van der Waals surface area contributed by atoms with Crippen LogP contribution < -0.4 is 10.2 Å². The Bertz CT molecular complexity index is 761. The van der Waals surface area contributed by atoms with Crippen molar-refractivity contribution in [3.05, 3.63) is 66.4 Å². The second-order valence-corrected chi connectivity index (χ2v) is 4.58. The van der Waals surface area contributed by atoms with E-state index in [-0.39, 0.29) is 12.5 Å². The Morgan fingerprint density at radius 3 is 2.73 bits per heavy atom. The van der Waals surface area contributed by atoms with Gasteiger partial charge in [-0.15, -0.1) is 0 Å². The first kappa shape index (κ1) is 13.9. The number of benzene rings is 2. The molecule has 5 heteroatoms. The van der Waals surface area contributed by atoms with Crippen LogP contribution in [-0.2, 0) is 4.79 Å². The van der Waals surface area contributed by atoms with E-state index < -0.39 is 0 Å². The lowest BCUT2D eigenvalue weighted by Crippen LogP contribution is -2.24. The van der Waals surface area contributed by atoms with Gasteiger partial charge in [-0.05, 0) is 24.3 Å². The molecule has 0 atom stereocenters. The molecule has 0 aliphatic carbocycles. The first-order chi connectivity index (χ1) is 10.8. The summed E-state index contributed by atoms with van der Waals surface area (Å²) in [6.45, 7) is -0.0958. The number of nitrogens with zero attached hydrogens (tertiary/aromatic N) is 1. The third kappa shape index (κ3) is 3.52. The third-order valence-electron chi connectivity index (χ3n) is 2.94. The molecule has 0 aliphatic heterocycles. The van der Waals surface area contributed by atoms with E-state index in [9.17, 15) is 4.79 Å². The molecule has 0 radical (unpaired) electrons. The van der Waals surface area contributed by atoms with Gasteiger partial charge in [0.1, 0.15) is 17.1 Å². The molecule has 0 fully saturated rings. The highest BCUT2D eigenvalue weighted by atomic mass is 16.5. The molecule has 1 amide bonds. The topological polar surface area (TPSA) is 63.8 Å². The predicted octanol–water partition coefficient (Wildman–Crippen LogP) is 2.96. The Morgan fingerprint density at radius 2 is 1.91 bits per heavy atom. The van der Waals surface area contributed by atoms with Gasteiger partial charge in [0.15, 0.2) is 6.61 Å². The molecule has 0 saturated heterocycles. The number of fused-ring (bicyclic) bond motifs is 1. The lowest BCUT2D eigenvalue weighted by Gasteiger charge is -2.03. The number of hydrogen-bond acceptors (Lipinski definition) is 4. The van der Waals surface area contributed by atoms with Crippen LogP contribution in [0.15, 0.2) is 70.2 Å². The molecule has 2 aromatic carbocycles. The summed E-state index contributed by atoms with van der Waals surface area (Å²) in [6.07, 6.45) is 1.46. The Labute approximate surface area is 127 Å². The normalized spacial score (nSPS) is 10.9. The van der Waals surface area contributed by atoms with Gasteiger partial charge < -0.3 is 9.15 Å². The van der Waals surface area contributed by atoms with Gasteiger partial charge in [-0.3, -0.25) is 4.79 Å².